The molecule has 0 aliphatic carbocycles. The molecule has 3 heteroatoms. The molecule has 0 saturated heterocycles. The predicted octanol–water partition coefficient (Wildman–Crippen LogP) is 3.15. The minimum Gasteiger partial charge on any atom is -0.329 e. The van der Waals surface area contributed by atoms with Gasteiger partial charge >= 0.3 is 0 Å². The first-order valence-electron chi connectivity index (χ1n) is 6.23. The van der Waals surface area contributed by atoms with E-state index in [9.17, 15) is 0 Å². The van der Waals surface area contributed by atoms with E-state index in [0.717, 1.165) is 18.0 Å². The highest BCUT2D eigenvalue weighted by molar-refractivity contribution is 6.30. The van der Waals surface area contributed by atoms with Crippen molar-refractivity contribution in [3.63, 3.8) is 0 Å². The van der Waals surface area contributed by atoms with Crippen LogP contribution in [0.2, 0.25) is 5.02 Å². The van der Waals surface area contributed by atoms with Crippen molar-refractivity contribution in [1.82, 2.24) is 4.90 Å². The largest absolute Gasteiger partial charge is 0.329 e. The zero-order valence-corrected chi connectivity index (χ0v) is 11.7. The van der Waals surface area contributed by atoms with Crippen molar-refractivity contribution < 1.29 is 0 Å². The van der Waals surface area contributed by atoms with Crippen LogP contribution in [0.25, 0.3) is 0 Å². The quantitative estimate of drug-likeness (QED) is 0.845. The lowest BCUT2D eigenvalue weighted by Crippen LogP contribution is -2.42. The average molecular weight is 255 g/mol. The van der Waals surface area contributed by atoms with E-state index in [0.29, 0.717) is 18.5 Å². The Morgan fingerprint density at radius 1 is 1.41 bits per heavy atom. The second-order valence-corrected chi connectivity index (χ2v) is 5.17. The molecule has 0 amide bonds. The maximum Gasteiger partial charge on any atom is 0.0409 e. The molecule has 0 heterocycles. The standard InChI is InChI=1S/C14H23ClN2/c1-4-11(2)14(9-16)17(3)10-12-6-5-7-13(15)8-12/h5-8,11,14H,4,9-10,16H2,1-3H3. The van der Waals surface area contributed by atoms with Gasteiger partial charge in [0.1, 0.15) is 0 Å². The van der Waals surface area contributed by atoms with Gasteiger partial charge in [-0.25, -0.2) is 0 Å². The predicted molar refractivity (Wildman–Crippen MR) is 75.2 cm³/mol. The second kappa shape index (κ2) is 7.00. The molecular formula is C14H23ClN2. The lowest BCUT2D eigenvalue weighted by molar-refractivity contribution is 0.178. The van der Waals surface area contributed by atoms with Crippen LogP contribution in [-0.2, 0) is 6.54 Å². The van der Waals surface area contributed by atoms with Gasteiger partial charge in [-0.05, 0) is 30.7 Å². The first-order chi connectivity index (χ1) is 8.08. The number of likely N-dealkylation sites (N-methyl/N-ethyl adjacent to an activating group) is 1. The van der Waals surface area contributed by atoms with Gasteiger partial charge in [-0.2, -0.15) is 0 Å². The normalized spacial score (nSPS) is 14.9. The Bertz CT molecular complexity index is 341. The topological polar surface area (TPSA) is 29.3 Å². The third-order valence-electron chi connectivity index (χ3n) is 3.43. The Balaban J connectivity index is 2.66. The monoisotopic (exact) mass is 254 g/mol. The van der Waals surface area contributed by atoms with Crippen LogP contribution in [0.3, 0.4) is 0 Å². The van der Waals surface area contributed by atoms with Crippen molar-refractivity contribution in [2.24, 2.45) is 11.7 Å². The van der Waals surface area contributed by atoms with E-state index in [-0.39, 0.29) is 0 Å². The Labute approximate surface area is 110 Å². The maximum absolute atomic E-state index is 5.99. The number of rotatable bonds is 6. The third-order valence-corrected chi connectivity index (χ3v) is 3.66. The summed E-state index contributed by atoms with van der Waals surface area (Å²) in [6, 6.07) is 8.44. The molecule has 0 aliphatic rings. The SMILES string of the molecule is CCC(C)C(CN)N(C)Cc1cccc(Cl)c1. The van der Waals surface area contributed by atoms with Crippen LogP contribution >= 0.6 is 11.6 Å². The van der Waals surface area contributed by atoms with Crippen LogP contribution in [0.15, 0.2) is 24.3 Å². The molecule has 17 heavy (non-hydrogen) atoms. The van der Waals surface area contributed by atoms with E-state index in [4.69, 9.17) is 17.3 Å². The smallest absolute Gasteiger partial charge is 0.0409 e. The van der Waals surface area contributed by atoms with Crippen molar-refractivity contribution in [3.05, 3.63) is 34.9 Å². The number of nitrogens with zero attached hydrogens (tertiary/aromatic N) is 1. The van der Waals surface area contributed by atoms with E-state index in [1.165, 1.54) is 5.56 Å². The molecule has 96 valence electrons. The van der Waals surface area contributed by atoms with Crippen LogP contribution in [0.4, 0.5) is 0 Å². The van der Waals surface area contributed by atoms with E-state index >= 15 is 0 Å². The minimum absolute atomic E-state index is 0.430. The van der Waals surface area contributed by atoms with Gasteiger partial charge in [0.15, 0.2) is 0 Å². The molecule has 0 bridgehead atoms. The molecule has 0 spiro atoms. The molecule has 1 rings (SSSR count). The number of hydrogen-bond acceptors (Lipinski definition) is 2. The lowest BCUT2D eigenvalue weighted by Gasteiger charge is -2.31. The molecule has 0 radical (unpaired) electrons. The Kier molecular flexibility index (Phi) is 5.96. The molecule has 2 N–H and O–H groups in total. The van der Waals surface area contributed by atoms with Gasteiger partial charge in [0, 0.05) is 24.2 Å². The van der Waals surface area contributed by atoms with Gasteiger partial charge in [-0.1, -0.05) is 44.0 Å². The van der Waals surface area contributed by atoms with E-state index < -0.39 is 0 Å². The third kappa shape index (κ3) is 4.30. The van der Waals surface area contributed by atoms with Gasteiger partial charge in [-0.3, -0.25) is 4.90 Å². The molecule has 2 nitrogen and oxygen atoms in total. The summed E-state index contributed by atoms with van der Waals surface area (Å²) in [5.41, 5.74) is 7.10. The molecule has 2 unspecified atom stereocenters. The molecule has 2 atom stereocenters. The van der Waals surface area contributed by atoms with Crippen molar-refractivity contribution in [2.45, 2.75) is 32.9 Å². The van der Waals surface area contributed by atoms with Gasteiger partial charge in [0.25, 0.3) is 0 Å². The highest BCUT2D eigenvalue weighted by Gasteiger charge is 2.18. The first kappa shape index (κ1) is 14.5. The van der Waals surface area contributed by atoms with Crippen molar-refractivity contribution in [2.75, 3.05) is 13.6 Å². The summed E-state index contributed by atoms with van der Waals surface area (Å²) in [5.74, 6) is 0.615. The summed E-state index contributed by atoms with van der Waals surface area (Å²) in [6.07, 6.45) is 1.15. The molecular weight excluding hydrogens is 232 g/mol. The van der Waals surface area contributed by atoms with Crippen LogP contribution in [0.1, 0.15) is 25.8 Å². The maximum atomic E-state index is 5.99. The van der Waals surface area contributed by atoms with Gasteiger partial charge in [-0.15, -0.1) is 0 Å². The lowest BCUT2D eigenvalue weighted by atomic mass is 9.97. The zero-order chi connectivity index (χ0) is 12.8. The Morgan fingerprint density at radius 2 is 2.12 bits per heavy atom. The van der Waals surface area contributed by atoms with E-state index in [1.807, 2.05) is 18.2 Å². The Hall–Kier alpha value is -0.570. The Morgan fingerprint density at radius 3 is 2.65 bits per heavy atom. The van der Waals surface area contributed by atoms with Crippen LogP contribution in [0, 0.1) is 5.92 Å². The summed E-state index contributed by atoms with van der Waals surface area (Å²) >= 11 is 5.99. The van der Waals surface area contributed by atoms with Gasteiger partial charge in [0.05, 0.1) is 0 Å². The fourth-order valence-electron chi connectivity index (χ4n) is 2.16. The van der Waals surface area contributed by atoms with Crippen LogP contribution < -0.4 is 5.73 Å². The van der Waals surface area contributed by atoms with Gasteiger partial charge < -0.3 is 5.73 Å². The summed E-state index contributed by atoms with van der Waals surface area (Å²) < 4.78 is 0. The number of hydrogen-bond donors (Lipinski definition) is 1. The molecule has 1 aromatic carbocycles. The molecule has 0 fully saturated rings. The van der Waals surface area contributed by atoms with E-state index in [2.05, 4.69) is 31.9 Å². The summed E-state index contributed by atoms with van der Waals surface area (Å²) in [4.78, 5) is 2.32. The highest BCUT2D eigenvalue weighted by atomic mass is 35.5. The summed E-state index contributed by atoms with van der Waals surface area (Å²) in [7, 11) is 2.13. The summed E-state index contributed by atoms with van der Waals surface area (Å²) in [5, 5.41) is 0.795. The van der Waals surface area contributed by atoms with Crippen molar-refractivity contribution in [1.29, 1.82) is 0 Å². The van der Waals surface area contributed by atoms with Crippen LogP contribution in [-0.4, -0.2) is 24.5 Å². The molecule has 0 saturated carbocycles. The molecule has 0 aliphatic heterocycles. The minimum atomic E-state index is 0.430. The second-order valence-electron chi connectivity index (χ2n) is 4.73. The zero-order valence-electron chi connectivity index (χ0n) is 11.0. The molecule has 0 aromatic heterocycles. The average Bonchev–Trinajstić information content (AvgIpc) is 2.29. The first-order valence-corrected chi connectivity index (χ1v) is 6.61. The fraction of sp³-hybridized carbons (Fsp3) is 0.571. The van der Waals surface area contributed by atoms with Crippen molar-refractivity contribution >= 4 is 11.6 Å². The van der Waals surface area contributed by atoms with Crippen molar-refractivity contribution in [3.8, 4) is 0 Å². The summed E-state index contributed by atoms with van der Waals surface area (Å²) in [6.45, 7) is 6.06. The number of benzene rings is 1. The number of nitrogens with two attached hydrogens (primary N) is 1. The number of halogens is 1. The molecule has 1 aromatic rings. The fourth-order valence-corrected chi connectivity index (χ4v) is 2.37. The van der Waals surface area contributed by atoms with E-state index in [1.54, 1.807) is 0 Å². The van der Waals surface area contributed by atoms with Crippen LogP contribution in [0.5, 0.6) is 0 Å². The highest BCUT2D eigenvalue weighted by Crippen LogP contribution is 2.17. The van der Waals surface area contributed by atoms with Gasteiger partial charge in [0.2, 0.25) is 0 Å².